The van der Waals surface area contributed by atoms with Crippen molar-refractivity contribution < 1.29 is 37.0 Å². The summed E-state index contributed by atoms with van der Waals surface area (Å²) in [5.41, 5.74) is 0.257. The minimum atomic E-state index is -4.09. The van der Waals surface area contributed by atoms with Crippen LogP contribution in [0.5, 0.6) is 5.75 Å². The van der Waals surface area contributed by atoms with Gasteiger partial charge in [-0.05, 0) is 88.4 Å². The molecule has 4 atom stereocenters. The largest absolute Gasteiger partial charge is 0.490 e. The number of rotatable bonds is 8. The van der Waals surface area contributed by atoms with Crippen LogP contribution in [0.4, 0.5) is 14.9 Å². The molecule has 4 rings (SSSR count). The Morgan fingerprint density at radius 3 is 2.44 bits per heavy atom. The van der Waals surface area contributed by atoms with Gasteiger partial charge in [-0.2, -0.15) is 0 Å². The molecule has 0 radical (unpaired) electrons. The number of aliphatic hydroxyl groups excluding tert-OH is 1. The van der Waals surface area contributed by atoms with E-state index in [1.165, 1.54) is 18.6 Å². The van der Waals surface area contributed by atoms with E-state index >= 15 is 0 Å². The number of anilines is 1. The van der Waals surface area contributed by atoms with E-state index in [-0.39, 0.29) is 53.4 Å². The Labute approximate surface area is 284 Å². The third kappa shape index (κ3) is 10.3. The van der Waals surface area contributed by atoms with Gasteiger partial charge >= 0.3 is 6.03 Å². The zero-order valence-corrected chi connectivity index (χ0v) is 29.3. The van der Waals surface area contributed by atoms with Gasteiger partial charge in [0.1, 0.15) is 11.6 Å². The van der Waals surface area contributed by atoms with Gasteiger partial charge in [0.25, 0.3) is 15.9 Å². The standard InChI is InChI=1S/C35H51FN4O7S/c1-24-21-40(25(2)23-41)34(42)31-20-29(38-48(44,45)30-16-13-27(36)14-17-30)15-18-32(31)47-26(3)10-8-9-19-46-33(24)22-39(4)35(43)37-28-11-6-5-7-12-28/h13-18,20,24-26,28,33,38,41H,5-12,19,21-23H2,1-4H3,(H,37,43)/t24-,25+,26-,33-/m0/s1. The number of nitrogens with zero attached hydrogens (tertiary/aromatic N) is 2. The second-order valence-corrected chi connectivity index (χ2v) is 14.9. The number of carbonyl (C=O) groups is 2. The number of sulfonamides is 1. The van der Waals surface area contributed by atoms with Gasteiger partial charge in [0.15, 0.2) is 0 Å². The minimum absolute atomic E-state index is 0.125. The van der Waals surface area contributed by atoms with E-state index in [9.17, 15) is 27.5 Å². The number of halogens is 1. The number of likely N-dealkylation sites (N-methyl/N-ethyl adjacent to an activating group) is 1. The van der Waals surface area contributed by atoms with E-state index in [2.05, 4.69) is 10.0 Å². The number of carbonyl (C=O) groups excluding carboxylic acids is 2. The second kappa shape index (κ2) is 17.3. The Balaban J connectivity index is 1.61. The summed E-state index contributed by atoms with van der Waals surface area (Å²) >= 11 is 0. The highest BCUT2D eigenvalue weighted by molar-refractivity contribution is 7.92. The first kappa shape index (κ1) is 37.4. The Hall–Kier alpha value is -3.42. The number of fused-ring (bicyclic) bond motifs is 1. The van der Waals surface area contributed by atoms with Gasteiger partial charge in [0.05, 0.1) is 35.3 Å². The van der Waals surface area contributed by atoms with Crippen LogP contribution in [-0.2, 0) is 14.8 Å². The first-order chi connectivity index (χ1) is 22.9. The molecule has 0 spiro atoms. The van der Waals surface area contributed by atoms with Crippen LogP contribution in [0.1, 0.15) is 82.5 Å². The number of ether oxygens (including phenoxy) is 2. The van der Waals surface area contributed by atoms with Gasteiger partial charge in [0, 0.05) is 44.4 Å². The first-order valence-corrected chi connectivity index (χ1v) is 18.5. The molecule has 1 heterocycles. The zero-order valence-electron chi connectivity index (χ0n) is 28.5. The SMILES string of the molecule is C[C@H](CO)N1C[C@H](C)[C@H](CN(C)C(=O)NC2CCCCC2)OCCCC[C@H](C)Oc2ccc(NS(=O)(=O)c3ccc(F)cc3)cc2C1=O. The molecule has 2 aliphatic rings. The normalized spacial score (nSPS) is 22.5. The quantitative estimate of drug-likeness (QED) is 0.338. The number of nitrogens with one attached hydrogen (secondary N) is 2. The van der Waals surface area contributed by atoms with Crippen LogP contribution in [0.2, 0.25) is 0 Å². The number of hydrogen-bond donors (Lipinski definition) is 3. The van der Waals surface area contributed by atoms with Crippen LogP contribution in [0, 0.1) is 11.7 Å². The molecule has 1 fully saturated rings. The molecular weight excluding hydrogens is 639 g/mol. The molecule has 3 N–H and O–H groups in total. The lowest BCUT2D eigenvalue weighted by molar-refractivity contribution is -0.0123. The topological polar surface area (TPSA) is 138 Å². The number of urea groups is 1. The van der Waals surface area contributed by atoms with Crippen molar-refractivity contribution in [1.82, 2.24) is 15.1 Å². The van der Waals surface area contributed by atoms with Crippen molar-refractivity contribution in [3.8, 4) is 5.75 Å². The zero-order chi connectivity index (χ0) is 34.8. The van der Waals surface area contributed by atoms with Crippen LogP contribution >= 0.6 is 0 Å². The van der Waals surface area contributed by atoms with Crippen LogP contribution in [-0.4, -0.2) is 92.9 Å². The Bertz CT molecular complexity index is 1470. The van der Waals surface area contributed by atoms with Crippen molar-refractivity contribution in [2.45, 2.75) is 101 Å². The number of aliphatic hydroxyl groups is 1. The van der Waals surface area contributed by atoms with Crippen molar-refractivity contribution in [2.75, 3.05) is 38.1 Å². The summed E-state index contributed by atoms with van der Waals surface area (Å²) in [6, 6.07) is 8.38. The van der Waals surface area contributed by atoms with E-state index in [1.807, 2.05) is 13.8 Å². The summed E-state index contributed by atoms with van der Waals surface area (Å²) in [5.74, 6) is -0.956. The molecule has 0 bridgehead atoms. The molecule has 1 aliphatic carbocycles. The summed E-state index contributed by atoms with van der Waals surface area (Å²) in [5, 5.41) is 13.4. The van der Waals surface area contributed by atoms with Crippen molar-refractivity contribution in [1.29, 1.82) is 0 Å². The van der Waals surface area contributed by atoms with Gasteiger partial charge in [-0.1, -0.05) is 26.2 Å². The molecule has 3 amide bonds. The van der Waals surface area contributed by atoms with E-state index in [0.29, 0.717) is 25.3 Å². The number of amides is 3. The van der Waals surface area contributed by atoms with Crippen molar-refractivity contribution in [3.05, 3.63) is 53.8 Å². The Morgan fingerprint density at radius 1 is 1.06 bits per heavy atom. The smallest absolute Gasteiger partial charge is 0.317 e. The van der Waals surface area contributed by atoms with Gasteiger partial charge in [0.2, 0.25) is 0 Å². The average molecular weight is 691 g/mol. The van der Waals surface area contributed by atoms with Gasteiger partial charge in [-0.3, -0.25) is 9.52 Å². The molecule has 2 aromatic carbocycles. The molecule has 48 heavy (non-hydrogen) atoms. The van der Waals surface area contributed by atoms with Gasteiger partial charge < -0.3 is 29.7 Å². The van der Waals surface area contributed by atoms with Crippen LogP contribution in [0.25, 0.3) is 0 Å². The predicted molar refractivity (Wildman–Crippen MR) is 182 cm³/mol. The van der Waals surface area contributed by atoms with E-state index in [1.54, 1.807) is 29.8 Å². The molecule has 0 unspecified atom stereocenters. The maximum absolute atomic E-state index is 14.3. The van der Waals surface area contributed by atoms with Gasteiger partial charge in [-0.15, -0.1) is 0 Å². The predicted octanol–water partition coefficient (Wildman–Crippen LogP) is 5.40. The van der Waals surface area contributed by atoms with Crippen molar-refractivity contribution in [3.63, 3.8) is 0 Å². The maximum atomic E-state index is 14.3. The monoisotopic (exact) mass is 690 g/mol. The molecular formula is C35H51FN4O7S. The fourth-order valence-electron chi connectivity index (χ4n) is 6.16. The lowest BCUT2D eigenvalue weighted by atomic mass is 9.96. The fraction of sp³-hybridized carbons (Fsp3) is 0.600. The van der Waals surface area contributed by atoms with E-state index in [4.69, 9.17) is 9.47 Å². The average Bonchev–Trinajstić information content (AvgIpc) is 3.06. The van der Waals surface area contributed by atoms with E-state index in [0.717, 1.165) is 62.8 Å². The molecule has 13 heteroatoms. The second-order valence-electron chi connectivity index (χ2n) is 13.2. The Morgan fingerprint density at radius 2 is 1.75 bits per heavy atom. The molecule has 1 aliphatic heterocycles. The van der Waals surface area contributed by atoms with Crippen molar-refractivity contribution >= 4 is 27.6 Å². The summed E-state index contributed by atoms with van der Waals surface area (Å²) < 4.78 is 54.7. The van der Waals surface area contributed by atoms with Gasteiger partial charge in [-0.25, -0.2) is 17.6 Å². The number of hydrogen-bond acceptors (Lipinski definition) is 7. The molecule has 266 valence electrons. The lowest BCUT2D eigenvalue weighted by Crippen LogP contribution is -2.50. The molecule has 11 nitrogen and oxygen atoms in total. The third-order valence-electron chi connectivity index (χ3n) is 9.16. The molecule has 1 saturated carbocycles. The number of benzene rings is 2. The van der Waals surface area contributed by atoms with Crippen LogP contribution in [0.3, 0.4) is 0 Å². The van der Waals surface area contributed by atoms with Crippen molar-refractivity contribution in [2.24, 2.45) is 5.92 Å². The van der Waals surface area contributed by atoms with Crippen LogP contribution in [0.15, 0.2) is 47.4 Å². The summed E-state index contributed by atoms with van der Waals surface area (Å²) in [4.78, 5) is 30.5. The lowest BCUT2D eigenvalue weighted by Gasteiger charge is -2.36. The first-order valence-electron chi connectivity index (χ1n) is 17.0. The highest BCUT2D eigenvalue weighted by Crippen LogP contribution is 2.30. The highest BCUT2D eigenvalue weighted by Gasteiger charge is 2.31. The molecule has 2 aromatic rings. The summed E-state index contributed by atoms with van der Waals surface area (Å²) in [7, 11) is -2.34. The Kier molecular flexibility index (Phi) is 13.5. The molecule has 0 saturated heterocycles. The third-order valence-corrected chi connectivity index (χ3v) is 10.6. The fourth-order valence-corrected chi connectivity index (χ4v) is 7.21. The minimum Gasteiger partial charge on any atom is -0.490 e. The summed E-state index contributed by atoms with van der Waals surface area (Å²) in [6.07, 6.45) is 7.00. The summed E-state index contributed by atoms with van der Waals surface area (Å²) in [6.45, 7) is 6.29. The van der Waals surface area contributed by atoms with E-state index < -0.39 is 33.9 Å². The maximum Gasteiger partial charge on any atom is 0.317 e. The van der Waals surface area contributed by atoms with Crippen LogP contribution < -0.4 is 14.8 Å². The molecule has 0 aromatic heterocycles. The highest BCUT2D eigenvalue weighted by atomic mass is 32.2.